The highest BCUT2D eigenvalue weighted by atomic mass is 32.1. The van der Waals surface area contributed by atoms with Crippen molar-refractivity contribution in [1.82, 2.24) is 0 Å². The van der Waals surface area contributed by atoms with E-state index in [-0.39, 0.29) is 24.6 Å². The summed E-state index contributed by atoms with van der Waals surface area (Å²) < 4.78 is 10.9. The molecule has 2 aromatic carbocycles. The lowest BCUT2D eigenvalue weighted by Gasteiger charge is -2.61. The third-order valence-electron chi connectivity index (χ3n) is 8.74. The lowest BCUT2D eigenvalue weighted by Crippen LogP contribution is -2.57. The molecule has 4 aliphatic carbocycles. The maximum absolute atomic E-state index is 13.6. The number of thiophene rings is 1. The molecule has 0 radical (unpaired) electrons. The van der Waals surface area contributed by atoms with Crippen LogP contribution in [0.25, 0.3) is 10.4 Å². The Morgan fingerprint density at radius 3 is 2.26 bits per heavy atom. The molecule has 6 nitrogen and oxygen atoms in total. The van der Waals surface area contributed by atoms with Crippen molar-refractivity contribution in [1.29, 1.82) is 0 Å². The minimum atomic E-state index is -0.529. The summed E-state index contributed by atoms with van der Waals surface area (Å²) >= 11 is 1.27. The highest BCUT2D eigenvalue weighted by Crippen LogP contribution is 2.66. The monoisotopic (exact) mass is 543 g/mol. The van der Waals surface area contributed by atoms with Gasteiger partial charge >= 0.3 is 11.9 Å². The molecule has 1 heterocycles. The Balaban J connectivity index is 1.16. The van der Waals surface area contributed by atoms with Crippen LogP contribution in [0, 0.1) is 17.3 Å². The zero-order valence-corrected chi connectivity index (χ0v) is 22.9. The third-order valence-corrected chi connectivity index (χ3v) is 9.90. The molecule has 1 aromatic heterocycles. The van der Waals surface area contributed by atoms with Crippen molar-refractivity contribution in [2.75, 3.05) is 18.5 Å². The number of carbonyl (C=O) groups is 3. The van der Waals surface area contributed by atoms with Gasteiger partial charge < -0.3 is 14.8 Å². The predicted molar refractivity (Wildman–Crippen MR) is 151 cm³/mol. The second-order valence-electron chi connectivity index (χ2n) is 11.5. The van der Waals surface area contributed by atoms with Crippen molar-refractivity contribution in [3.8, 4) is 10.4 Å². The van der Waals surface area contributed by atoms with Gasteiger partial charge in [0.05, 0.1) is 17.7 Å². The molecule has 4 fully saturated rings. The number of amides is 1. The van der Waals surface area contributed by atoms with Crippen LogP contribution in [0.15, 0.2) is 66.7 Å². The van der Waals surface area contributed by atoms with Gasteiger partial charge in [0.1, 0.15) is 4.88 Å². The van der Waals surface area contributed by atoms with E-state index in [0.29, 0.717) is 22.4 Å². The van der Waals surface area contributed by atoms with Crippen molar-refractivity contribution in [3.05, 3.63) is 77.2 Å². The molecule has 4 bridgehead atoms. The first-order valence-electron chi connectivity index (χ1n) is 13.8. The van der Waals surface area contributed by atoms with Crippen LogP contribution >= 0.6 is 11.3 Å². The van der Waals surface area contributed by atoms with Gasteiger partial charge in [0.2, 0.25) is 0 Å². The van der Waals surface area contributed by atoms with Gasteiger partial charge in [-0.05, 0) is 79.9 Å². The summed E-state index contributed by atoms with van der Waals surface area (Å²) in [5, 5.41) is 2.80. The topological polar surface area (TPSA) is 81.7 Å². The van der Waals surface area contributed by atoms with Crippen LogP contribution < -0.4 is 5.32 Å². The fraction of sp³-hybridized carbons (Fsp3) is 0.406. The number of nitrogens with one attached hydrogen (secondary N) is 1. The van der Waals surface area contributed by atoms with E-state index in [1.807, 2.05) is 36.4 Å². The SMILES string of the molecule is CCOC(=O)c1sc(-c2ccccc2)cc1NC(=O)COC(=O)C12CC3CC(C1)CC(c1ccccc1)(C3)C2. The van der Waals surface area contributed by atoms with Crippen LogP contribution in [0.4, 0.5) is 5.69 Å². The quantitative estimate of drug-likeness (QED) is 0.323. The maximum Gasteiger partial charge on any atom is 0.350 e. The van der Waals surface area contributed by atoms with E-state index in [2.05, 4.69) is 29.6 Å². The van der Waals surface area contributed by atoms with Crippen LogP contribution in [0.2, 0.25) is 0 Å². The third kappa shape index (κ3) is 4.89. The summed E-state index contributed by atoms with van der Waals surface area (Å²) in [5.74, 6) is -0.178. The van der Waals surface area contributed by atoms with Crippen LogP contribution in [0.1, 0.15) is 60.7 Å². The Hall–Kier alpha value is -3.45. The molecule has 1 N–H and O–H groups in total. The normalized spacial score (nSPS) is 26.7. The molecule has 7 heteroatoms. The van der Waals surface area contributed by atoms with Crippen molar-refractivity contribution >= 4 is 34.9 Å². The van der Waals surface area contributed by atoms with Crippen LogP contribution in [-0.2, 0) is 24.5 Å². The van der Waals surface area contributed by atoms with Gasteiger partial charge in [0, 0.05) is 4.88 Å². The van der Waals surface area contributed by atoms with Gasteiger partial charge in [-0.2, -0.15) is 0 Å². The standard InChI is InChI=1S/C32H33NO5S/c1-2-37-29(35)28-25(14-26(39-28)23-9-5-3-6-10-23)33-27(34)19-38-30(36)32-17-21-13-22(18-32)16-31(15-21,20-32)24-11-7-4-8-12-24/h3-12,14,21-22H,2,13,15-20H2,1H3,(H,33,34). The zero-order valence-electron chi connectivity index (χ0n) is 22.1. The lowest BCUT2D eigenvalue weighted by atomic mass is 9.43. The molecule has 0 aliphatic heterocycles. The summed E-state index contributed by atoms with van der Waals surface area (Å²) in [6.07, 6.45) is 5.91. The van der Waals surface area contributed by atoms with Gasteiger partial charge in [-0.15, -0.1) is 11.3 Å². The Bertz CT molecular complexity index is 1370. The van der Waals surface area contributed by atoms with E-state index >= 15 is 0 Å². The predicted octanol–water partition coefficient (Wildman–Crippen LogP) is 6.61. The van der Waals surface area contributed by atoms with Gasteiger partial charge in [-0.25, -0.2) is 4.79 Å². The molecule has 39 heavy (non-hydrogen) atoms. The van der Waals surface area contributed by atoms with Crippen molar-refractivity contribution in [3.63, 3.8) is 0 Å². The maximum atomic E-state index is 13.6. The van der Waals surface area contributed by atoms with Crippen LogP contribution in [0.3, 0.4) is 0 Å². The highest BCUT2D eigenvalue weighted by molar-refractivity contribution is 7.18. The number of anilines is 1. The Labute approximate surface area is 232 Å². The molecule has 4 aliphatic rings. The van der Waals surface area contributed by atoms with Gasteiger partial charge in [0.15, 0.2) is 6.61 Å². The number of hydrogen-bond donors (Lipinski definition) is 1. The largest absolute Gasteiger partial charge is 0.462 e. The second-order valence-corrected chi connectivity index (χ2v) is 12.5. The molecule has 2 unspecified atom stereocenters. The smallest absolute Gasteiger partial charge is 0.350 e. The fourth-order valence-corrected chi connectivity index (χ4v) is 8.69. The van der Waals surface area contributed by atoms with Crippen molar-refractivity contribution < 1.29 is 23.9 Å². The first-order chi connectivity index (χ1) is 18.9. The molecule has 0 spiro atoms. The summed E-state index contributed by atoms with van der Waals surface area (Å²) in [7, 11) is 0. The van der Waals surface area contributed by atoms with Gasteiger partial charge in [-0.1, -0.05) is 60.7 Å². The number of benzene rings is 2. The molecule has 7 rings (SSSR count). The first-order valence-corrected chi connectivity index (χ1v) is 14.6. The van der Waals surface area contributed by atoms with E-state index in [0.717, 1.165) is 42.5 Å². The Kier molecular flexibility index (Phi) is 6.79. The summed E-state index contributed by atoms with van der Waals surface area (Å²) in [4.78, 5) is 40.3. The van der Waals surface area contributed by atoms with E-state index in [4.69, 9.17) is 9.47 Å². The molecule has 2 atom stereocenters. The van der Waals surface area contributed by atoms with Gasteiger partial charge in [0.25, 0.3) is 5.91 Å². The first kappa shape index (κ1) is 25.8. The van der Waals surface area contributed by atoms with E-state index in [1.54, 1.807) is 13.0 Å². The van der Waals surface area contributed by atoms with E-state index in [9.17, 15) is 14.4 Å². The zero-order chi connectivity index (χ0) is 27.0. The number of ether oxygens (including phenoxy) is 2. The highest BCUT2D eigenvalue weighted by Gasteiger charge is 2.61. The van der Waals surface area contributed by atoms with Gasteiger partial charge in [-0.3, -0.25) is 9.59 Å². The fourth-order valence-electron chi connectivity index (χ4n) is 7.68. The van der Waals surface area contributed by atoms with Crippen molar-refractivity contribution in [2.24, 2.45) is 17.3 Å². The summed E-state index contributed by atoms with van der Waals surface area (Å²) in [5.41, 5.74) is 2.13. The molecule has 0 saturated heterocycles. The van der Waals surface area contributed by atoms with E-state index in [1.165, 1.54) is 23.3 Å². The molecular formula is C32H33NO5S. The average molecular weight is 544 g/mol. The molecular weight excluding hydrogens is 510 g/mol. The molecule has 1 amide bonds. The molecule has 4 saturated carbocycles. The van der Waals surface area contributed by atoms with Crippen molar-refractivity contribution in [2.45, 2.75) is 50.9 Å². The number of carbonyl (C=O) groups excluding carboxylic acids is 3. The summed E-state index contributed by atoms with van der Waals surface area (Å²) in [6, 6.07) is 22.0. The van der Waals surface area contributed by atoms with Crippen LogP contribution in [-0.4, -0.2) is 31.1 Å². The Morgan fingerprint density at radius 1 is 0.923 bits per heavy atom. The number of esters is 2. The minimum absolute atomic E-state index is 0.0195. The molecule has 3 aromatic rings. The molecule has 202 valence electrons. The minimum Gasteiger partial charge on any atom is -0.462 e. The lowest BCUT2D eigenvalue weighted by molar-refractivity contribution is -0.175. The summed E-state index contributed by atoms with van der Waals surface area (Å²) in [6.45, 7) is 1.59. The van der Waals surface area contributed by atoms with Crippen LogP contribution in [0.5, 0.6) is 0 Å². The second kappa shape index (κ2) is 10.3. The van der Waals surface area contributed by atoms with E-state index < -0.39 is 17.3 Å². The number of hydrogen-bond acceptors (Lipinski definition) is 6. The Morgan fingerprint density at radius 2 is 1.59 bits per heavy atom. The average Bonchev–Trinajstić information content (AvgIpc) is 3.36. The number of rotatable bonds is 8.